The van der Waals surface area contributed by atoms with Gasteiger partial charge >= 0.3 is 11.7 Å². The van der Waals surface area contributed by atoms with Crippen LogP contribution >= 0.6 is 0 Å². The number of benzene rings is 1. The Kier molecular flexibility index (Phi) is 5.62. The molecule has 1 aliphatic rings. The Bertz CT molecular complexity index is 1590. The molecule has 4 aromatic rings. The lowest BCUT2D eigenvalue weighted by molar-refractivity contribution is 0.0528. The van der Waals surface area contributed by atoms with Gasteiger partial charge in [0.2, 0.25) is 5.89 Å². The molecule has 0 saturated heterocycles. The predicted octanol–water partition coefficient (Wildman–Crippen LogP) is 3.47. The molecule has 0 N–H and O–H groups in total. The minimum Gasteiger partial charge on any atom is -0.462 e. The minimum absolute atomic E-state index is 0.0648. The van der Waals surface area contributed by atoms with Gasteiger partial charge in [-0.3, -0.25) is 13.9 Å². The van der Waals surface area contributed by atoms with Crippen LogP contribution in [-0.4, -0.2) is 31.7 Å². The molecule has 0 aliphatic heterocycles. The number of hydrogen-bond acceptors (Lipinski definition) is 7. The maximum Gasteiger partial charge on any atom is 0.339 e. The molecule has 0 atom stereocenters. The van der Waals surface area contributed by atoms with Crippen molar-refractivity contribution in [1.82, 2.24) is 19.1 Å². The standard InChI is InChI=1S/C26H26N4O5/c1-5-34-25(32)18-12-19(16-9-10-16)27-22-21(18)24(31)30(26(33)29(22)4)13-20-15(3)35-23(28-20)17-8-6-7-14(2)11-17/h6-8,11-12,16H,5,9-10,13H2,1-4H3. The molecule has 1 fully saturated rings. The monoisotopic (exact) mass is 474 g/mol. The van der Waals surface area contributed by atoms with Crippen molar-refractivity contribution in [2.24, 2.45) is 7.05 Å². The van der Waals surface area contributed by atoms with Gasteiger partial charge in [-0.2, -0.15) is 0 Å². The number of aromatic nitrogens is 4. The maximum atomic E-state index is 13.6. The third-order valence-electron chi connectivity index (χ3n) is 6.27. The van der Waals surface area contributed by atoms with Gasteiger partial charge in [0.1, 0.15) is 17.1 Å². The first-order chi connectivity index (χ1) is 16.8. The van der Waals surface area contributed by atoms with Gasteiger partial charge in [-0.15, -0.1) is 0 Å². The summed E-state index contributed by atoms with van der Waals surface area (Å²) in [5, 5.41) is 0.0648. The molecule has 1 aliphatic carbocycles. The van der Waals surface area contributed by atoms with Gasteiger partial charge in [0.25, 0.3) is 5.56 Å². The molecule has 5 rings (SSSR count). The Hall–Kier alpha value is -4.01. The topological polar surface area (TPSA) is 109 Å². The fourth-order valence-electron chi connectivity index (χ4n) is 4.22. The lowest BCUT2D eigenvalue weighted by Gasteiger charge is -2.13. The van der Waals surface area contributed by atoms with E-state index >= 15 is 0 Å². The van der Waals surface area contributed by atoms with Gasteiger partial charge in [-0.1, -0.05) is 17.7 Å². The summed E-state index contributed by atoms with van der Waals surface area (Å²) in [6, 6.07) is 9.35. The highest BCUT2D eigenvalue weighted by molar-refractivity contribution is 6.02. The van der Waals surface area contributed by atoms with E-state index in [2.05, 4.69) is 9.97 Å². The number of nitrogens with zero attached hydrogens (tertiary/aromatic N) is 4. The number of fused-ring (bicyclic) bond motifs is 1. The van der Waals surface area contributed by atoms with Gasteiger partial charge in [0.15, 0.2) is 0 Å². The summed E-state index contributed by atoms with van der Waals surface area (Å²) in [4.78, 5) is 48.8. The van der Waals surface area contributed by atoms with Gasteiger partial charge < -0.3 is 9.15 Å². The molecule has 3 aromatic heterocycles. The highest BCUT2D eigenvalue weighted by Gasteiger charge is 2.29. The zero-order chi connectivity index (χ0) is 24.9. The number of ether oxygens (including phenoxy) is 1. The fraction of sp³-hybridized carbons (Fsp3) is 0.346. The van der Waals surface area contributed by atoms with Crippen LogP contribution in [0.5, 0.6) is 0 Å². The number of aryl methyl sites for hydroxylation is 3. The highest BCUT2D eigenvalue weighted by atomic mass is 16.5. The Morgan fingerprint density at radius 1 is 1.17 bits per heavy atom. The summed E-state index contributed by atoms with van der Waals surface area (Å²) in [7, 11) is 1.55. The van der Waals surface area contributed by atoms with Crippen molar-refractivity contribution in [3.8, 4) is 11.5 Å². The molecule has 0 radical (unpaired) electrons. The minimum atomic E-state index is -0.611. The van der Waals surface area contributed by atoms with E-state index in [-0.39, 0.29) is 35.7 Å². The largest absolute Gasteiger partial charge is 0.462 e. The molecule has 0 bridgehead atoms. The number of pyridine rings is 1. The highest BCUT2D eigenvalue weighted by Crippen LogP contribution is 2.40. The summed E-state index contributed by atoms with van der Waals surface area (Å²) in [6.45, 7) is 5.49. The average Bonchev–Trinajstić information content (AvgIpc) is 3.62. The van der Waals surface area contributed by atoms with Crippen molar-refractivity contribution < 1.29 is 13.9 Å². The summed E-state index contributed by atoms with van der Waals surface area (Å²) >= 11 is 0. The van der Waals surface area contributed by atoms with Crippen LogP contribution in [0.1, 0.15) is 58.8 Å². The molecule has 0 unspecified atom stereocenters. The molecule has 180 valence electrons. The van der Waals surface area contributed by atoms with Crippen LogP contribution in [0, 0.1) is 13.8 Å². The average molecular weight is 475 g/mol. The maximum absolute atomic E-state index is 13.6. The van der Waals surface area contributed by atoms with E-state index in [9.17, 15) is 14.4 Å². The Labute approximate surface area is 201 Å². The predicted molar refractivity (Wildman–Crippen MR) is 130 cm³/mol. The molecule has 1 aromatic carbocycles. The number of oxazole rings is 1. The van der Waals surface area contributed by atoms with E-state index in [1.807, 2.05) is 31.2 Å². The van der Waals surface area contributed by atoms with E-state index < -0.39 is 17.2 Å². The molecule has 0 amide bonds. The smallest absolute Gasteiger partial charge is 0.339 e. The van der Waals surface area contributed by atoms with Crippen molar-refractivity contribution >= 4 is 17.0 Å². The summed E-state index contributed by atoms with van der Waals surface area (Å²) in [5.41, 5.74) is 2.18. The number of carbonyl (C=O) groups is 1. The van der Waals surface area contributed by atoms with E-state index in [4.69, 9.17) is 9.15 Å². The number of carbonyl (C=O) groups excluding carboxylic acids is 1. The van der Waals surface area contributed by atoms with E-state index in [0.717, 1.165) is 28.5 Å². The second-order valence-electron chi connectivity index (χ2n) is 8.91. The summed E-state index contributed by atoms with van der Waals surface area (Å²) < 4.78 is 13.4. The van der Waals surface area contributed by atoms with Crippen molar-refractivity contribution in [2.45, 2.75) is 46.1 Å². The first kappa shape index (κ1) is 22.8. The summed E-state index contributed by atoms with van der Waals surface area (Å²) in [6.07, 6.45) is 1.92. The lowest BCUT2D eigenvalue weighted by Crippen LogP contribution is -2.40. The zero-order valence-corrected chi connectivity index (χ0v) is 20.1. The van der Waals surface area contributed by atoms with Crippen molar-refractivity contribution in [3.63, 3.8) is 0 Å². The van der Waals surface area contributed by atoms with E-state index in [1.165, 1.54) is 4.57 Å². The Morgan fingerprint density at radius 3 is 2.63 bits per heavy atom. The normalized spacial score (nSPS) is 13.4. The Morgan fingerprint density at radius 2 is 1.94 bits per heavy atom. The SMILES string of the molecule is CCOC(=O)c1cc(C2CC2)nc2c1c(=O)n(Cc1nc(-c3cccc(C)c3)oc1C)c(=O)n2C. The van der Waals surface area contributed by atoms with Crippen LogP contribution in [0.2, 0.25) is 0 Å². The molecule has 9 heteroatoms. The second-order valence-corrected chi connectivity index (χ2v) is 8.91. The molecule has 9 nitrogen and oxygen atoms in total. The second kappa shape index (κ2) is 8.65. The first-order valence-corrected chi connectivity index (χ1v) is 11.6. The van der Waals surface area contributed by atoms with Crippen LogP contribution < -0.4 is 11.2 Å². The Balaban J connectivity index is 1.66. The van der Waals surface area contributed by atoms with Gasteiger partial charge in [-0.05, 0) is 51.8 Å². The number of rotatable bonds is 6. The van der Waals surface area contributed by atoms with Crippen molar-refractivity contribution in [2.75, 3.05) is 6.61 Å². The molecule has 3 heterocycles. The lowest BCUT2D eigenvalue weighted by atomic mass is 10.1. The van der Waals surface area contributed by atoms with Crippen LogP contribution in [0.3, 0.4) is 0 Å². The number of esters is 1. The van der Waals surface area contributed by atoms with Crippen LogP contribution in [0.25, 0.3) is 22.5 Å². The zero-order valence-electron chi connectivity index (χ0n) is 20.1. The molecule has 1 saturated carbocycles. The molecule has 0 spiro atoms. The fourth-order valence-corrected chi connectivity index (χ4v) is 4.22. The van der Waals surface area contributed by atoms with Crippen molar-refractivity contribution in [3.05, 3.63) is 79.4 Å². The molecular formula is C26H26N4O5. The quantitative estimate of drug-likeness (QED) is 0.394. The molecular weight excluding hydrogens is 448 g/mol. The van der Waals surface area contributed by atoms with Crippen LogP contribution in [0.15, 0.2) is 44.3 Å². The summed E-state index contributed by atoms with van der Waals surface area (Å²) in [5.74, 6) is 0.532. The van der Waals surface area contributed by atoms with E-state index in [0.29, 0.717) is 23.0 Å². The van der Waals surface area contributed by atoms with Gasteiger partial charge in [-0.25, -0.2) is 19.6 Å². The van der Waals surface area contributed by atoms with Crippen LogP contribution in [-0.2, 0) is 18.3 Å². The molecule has 35 heavy (non-hydrogen) atoms. The third-order valence-corrected chi connectivity index (χ3v) is 6.27. The first-order valence-electron chi connectivity index (χ1n) is 11.6. The van der Waals surface area contributed by atoms with Gasteiger partial charge in [0.05, 0.1) is 24.1 Å². The number of hydrogen-bond donors (Lipinski definition) is 0. The van der Waals surface area contributed by atoms with E-state index in [1.54, 1.807) is 27.0 Å². The van der Waals surface area contributed by atoms with Gasteiger partial charge in [0, 0.05) is 24.2 Å². The third kappa shape index (κ3) is 4.07. The van der Waals surface area contributed by atoms with Crippen molar-refractivity contribution in [1.29, 1.82) is 0 Å². The van der Waals surface area contributed by atoms with Crippen LogP contribution in [0.4, 0.5) is 0 Å².